The standard InChI is InChI=1S/C14H19BrN2O3/c15-12-6-5-10(7-13(12)17(19)20)8-16-9-14(18)11-3-1-2-4-11/h5-7,11,14,16,18H,1-4,8-9H2. The quantitative estimate of drug-likeness (QED) is 0.615. The third-order valence-corrected chi connectivity index (χ3v) is 4.50. The van der Waals surface area contributed by atoms with E-state index in [4.69, 9.17) is 0 Å². The molecule has 1 fully saturated rings. The first-order valence-electron chi connectivity index (χ1n) is 6.89. The van der Waals surface area contributed by atoms with Gasteiger partial charge < -0.3 is 10.4 Å². The molecule has 1 aliphatic carbocycles. The van der Waals surface area contributed by atoms with Gasteiger partial charge in [-0.05, 0) is 46.3 Å². The first kappa shape index (κ1) is 15.4. The predicted molar refractivity (Wildman–Crippen MR) is 80.5 cm³/mol. The lowest BCUT2D eigenvalue weighted by Gasteiger charge is -2.18. The van der Waals surface area contributed by atoms with Crippen molar-refractivity contribution in [1.82, 2.24) is 5.32 Å². The maximum atomic E-state index is 10.8. The molecule has 0 heterocycles. The molecule has 0 aromatic heterocycles. The Kier molecular flexibility index (Phi) is 5.51. The summed E-state index contributed by atoms with van der Waals surface area (Å²) in [4.78, 5) is 10.4. The minimum absolute atomic E-state index is 0.0700. The number of nitrogens with one attached hydrogen (secondary N) is 1. The van der Waals surface area contributed by atoms with Crippen LogP contribution in [-0.4, -0.2) is 22.7 Å². The normalized spacial score (nSPS) is 17.3. The molecule has 0 radical (unpaired) electrons. The number of rotatable bonds is 6. The van der Waals surface area contributed by atoms with E-state index in [0.29, 0.717) is 23.5 Å². The Labute approximate surface area is 126 Å². The van der Waals surface area contributed by atoms with Crippen LogP contribution in [0, 0.1) is 16.0 Å². The van der Waals surface area contributed by atoms with E-state index in [-0.39, 0.29) is 11.8 Å². The van der Waals surface area contributed by atoms with E-state index < -0.39 is 4.92 Å². The van der Waals surface area contributed by atoms with Crippen molar-refractivity contribution in [2.24, 2.45) is 5.92 Å². The summed E-state index contributed by atoms with van der Waals surface area (Å²) in [5.74, 6) is 0.404. The SMILES string of the molecule is O=[N+]([O-])c1cc(CNCC(O)C2CCCC2)ccc1Br. The fourth-order valence-corrected chi connectivity index (χ4v) is 3.07. The molecule has 1 aliphatic rings. The minimum Gasteiger partial charge on any atom is -0.392 e. The monoisotopic (exact) mass is 342 g/mol. The number of nitrogens with zero attached hydrogens (tertiary/aromatic N) is 1. The van der Waals surface area contributed by atoms with E-state index >= 15 is 0 Å². The van der Waals surface area contributed by atoms with Crippen molar-refractivity contribution < 1.29 is 10.0 Å². The van der Waals surface area contributed by atoms with Gasteiger partial charge >= 0.3 is 0 Å². The van der Waals surface area contributed by atoms with E-state index in [1.54, 1.807) is 12.1 Å². The third kappa shape index (κ3) is 4.01. The molecule has 1 aromatic rings. The smallest absolute Gasteiger partial charge is 0.283 e. The van der Waals surface area contributed by atoms with Crippen LogP contribution in [0.5, 0.6) is 0 Å². The first-order chi connectivity index (χ1) is 9.58. The summed E-state index contributed by atoms with van der Waals surface area (Å²) in [7, 11) is 0. The Balaban J connectivity index is 1.84. The van der Waals surface area contributed by atoms with E-state index in [1.807, 2.05) is 6.07 Å². The molecule has 0 saturated heterocycles. The van der Waals surface area contributed by atoms with Gasteiger partial charge in [0, 0.05) is 19.2 Å². The summed E-state index contributed by atoms with van der Waals surface area (Å²) >= 11 is 3.17. The molecule has 0 aliphatic heterocycles. The van der Waals surface area contributed by atoms with Gasteiger partial charge in [-0.3, -0.25) is 10.1 Å². The van der Waals surface area contributed by atoms with Crippen molar-refractivity contribution >= 4 is 21.6 Å². The number of aliphatic hydroxyl groups is 1. The van der Waals surface area contributed by atoms with Crippen molar-refractivity contribution in [2.45, 2.75) is 38.3 Å². The van der Waals surface area contributed by atoms with Gasteiger partial charge in [-0.1, -0.05) is 18.9 Å². The Morgan fingerprint density at radius 3 is 2.80 bits per heavy atom. The van der Waals surface area contributed by atoms with E-state index in [2.05, 4.69) is 21.2 Å². The van der Waals surface area contributed by atoms with Crippen LogP contribution in [0.4, 0.5) is 5.69 Å². The molecule has 1 atom stereocenters. The maximum Gasteiger partial charge on any atom is 0.283 e. The number of benzene rings is 1. The van der Waals surface area contributed by atoms with Crippen LogP contribution < -0.4 is 5.32 Å². The van der Waals surface area contributed by atoms with E-state index in [1.165, 1.54) is 12.8 Å². The molecular weight excluding hydrogens is 324 g/mol. The molecule has 6 heteroatoms. The second kappa shape index (κ2) is 7.15. The first-order valence-corrected chi connectivity index (χ1v) is 7.69. The van der Waals surface area contributed by atoms with Crippen LogP contribution in [0.25, 0.3) is 0 Å². The molecule has 2 N–H and O–H groups in total. The van der Waals surface area contributed by atoms with Crippen molar-refractivity contribution in [2.75, 3.05) is 6.54 Å². The Morgan fingerprint density at radius 2 is 2.15 bits per heavy atom. The molecule has 2 rings (SSSR count). The van der Waals surface area contributed by atoms with Gasteiger partial charge in [-0.15, -0.1) is 0 Å². The lowest BCUT2D eigenvalue weighted by Crippen LogP contribution is -2.31. The zero-order valence-corrected chi connectivity index (χ0v) is 12.8. The number of nitro groups is 1. The molecular formula is C14H19BrN2O3. The van der Waals surface area contributed by atoms with Crippen LogP contribution in [-0.2, 0) is 6.54 Å². The molecule has 0 amide bonds. The summed E-state index contributed by atoms with van der Waals surface area (Å²) in [6.07, 6.45) is 4.31. The van der Waals surface area contributed by atoms with Gasteiger partial charge in [0.2, 0.25) is 0 Å². The van der Waals surface area contributed by atoms with Crippen molar-refractivity contribution in [1.29, 1.82) is 0 Å². The number of aliphatic hydroxyl groups excluding tert-OH is 1. The van der Waals surface area contributed by atoms with Crippen molar-refractivity contribution in [3.63, 3.8) is 0 Å². The molecule has 110 valence electrons. The summed E-state index contributed by atoms with van der Waals surface area (Å²) in [5, 5.41) is 24.1. The largest absolute Gasteiger partial charge is 0.392 e. The van der Waals surface area contributed by atoms with Crippen LogP contribution >= 0.6 is 15.9 Å². The summed E-state index contributed by atoms with van der Waals surface area (Å²) in [6, 6.07) is 5.08. The Hall–Kier alpha value is -0.980. The Morgan fingerprint density at radius 1 is 1.45 bits per heavy atom. The molecule has 1 unspecified atom stereocenters. The highest BCUT2D eigenvalue weighted by Gasteiger charge is 2.22. The molecule has 1 aromatic carbocycles. The summed E-state index contributed by atoms with van der Waals surface area (Å²) < 4.78 is 0.484. The second-order valence-electron chi connectivity index (χ2n) is 5.29. The van der Waals surface area contributed by atoms with Gasteiger partial charge in [0.1, 0.15) is 0 Å². The summed E-state index contributed by atoms with van der Waals surface area (Å²) in [5.41, 5.74) is 0.916. The lowest BCUT2D eigenvalue weighted by atomic mass is 10.0. The van der Waals surface area contributed by atoms with Gasteiger partial charge in [0.05, 0.1) is 15.5 Å². The highest BCUT2D eigenvalue weighted by Crippen LogP contribution is 2.28. The van der Waals surface area contributed by atoms with Gasteiger partial charge in [0.15, 0.2) is 0 Å². The fraction of sp³-hybridized carbons (Fsp3) is 0.571. The predicted octanol–water partition coefficient (Wildman–Crippen LogP) is 3.00. The number of hydrogen-bond donors (Lipinski definition) is 2. The van der Waals surface area contributed by atoms with E-state index in [9.17, 15) is 15.2 Å². The van der Waals surface area contributed by atoms with Gasteiger partial charge in [-0.25, -0.2) is 0 Å². The minimum atomic E-state index is -0.402. The molecule has 1 saturated carbocycles. The van der Waals surface area contributed by atoms with Crippen LogP contribution in [0.3, 0.4) is 0 Å². The van der Waals surface area contributed by atoms with Crippen LogP contribution in [0.15, 0.2) is 22.7 Å². The fourth-order valence-electron chi connectivity index (χ4n) is 2.68. The molecule has 20 heavy (non-hydrogen) atoms. The maximum absolute atomic E-state index is 10.8. The number of hydrogen-bond acceptors (Lipinski definition) is 4. The zero-order valence-electron chi connectivity index (χ0n) is 11.2. The average molecular weight is 343 g/mol. The summed E-state index contributed by atoms with van der Waals surface area (Å²) in [6.45, 7) is 1.06. The van der Waals surface area contributed by atoms with Crippen molar-refractivity contribution in [3.05, 3.63) is 38.3 Å². The van der Waals surface area contributed by atoms with Gasteiger partial charge in [-0.2, -0.15) is 0 Å². The average Bonchev–Trinajstić information content (AvgIpc) is 2.94. The number of nitro benzene ring substituents is 1. The highest BCUT2D eigenvalue weighted by atomic mass is 79.9. The third-order valence-electron chi connectivity index (χ3n) is 3.83. The van der Waals surface area contributed by atoms with E-state index in [0.717, 1.165) is 18.4 Å². The molecule has 0 bridgehead atoms. The topological polar surface area (TPSA) is 75.4 Å². The zero-order chi connectivity index (χ0) is 14.5. The molecule has 5 nitrogen and oxygen atoms in total. The van der Waals surface area contributed by atoms with Crippen LogP contribution in [0.1, 0.15) is 31.2 Å². The second-order valence-corrected chi connectivity index (χ2v) is 6.14. The van der Waals surface area contributed by atoms with Crippen LogP contribution in [0.2, 0.25) is 0 Å². The number of halogens is 1. The Bertz CT molecular complexity index is 475. The lowest BCUT2D eigenvalue weighted by molar-refractivity contribution is -0.385. The molecule has 0 spiro atoms. The highest BCUT2D eigenvalue weighted by molar-refractivity contribution is 9.10. The van der Waals surface area contributed by atoms with Crippen molar-refractivity contribution in [3.8, 4) is 0 Å². The van der Waals surface area contributed by atoms with Gasteiger partial charge in [0.25, 0.3) is 5.69 Å².